The Labute approximate surface area is 114 Å². The van der Waals surface area contributed by atoms with Crippen molar-refractivity contribution in [1.82, 2.24) is 10.5 Å². The van der Waals surface area contributed by atoms with E-state index in [1.54, 1.807) is 7.11 Å². The number of aromatic nitrogens is 1. The van der Waals surface area contributed by atoms with E-state index in [9.17, 15) is 5.11 Å². The normalized spacial score (nSPS) is 14.6. The Morgan fingerprint density at radius 2 is 2.11 bits per heavy atom. The maximum Gasteiger partial charge on any atom is 0.138 e. The number of hydrogen-bond donors (Lipinski definition) is 2. The molecule has 1 rings (SSSR count). The lowest BCUT2D eigenvalue weighted by Crippen LogP contribution is -2.32. The van der Waals surface area contributed by atoms with Gasteiger partial charge in [0, 0.05) is 25.8 Å². The molecule has 6 heteroatoms. The molecule has 19 heavy (non-hydrogen) atoms. The van der Waals surface area contributed by atoms with Crippen LogP contribution in [0.1, 0.15) is 23.9 Å². The maximum atomic E-state index is 9.77. The summed E-state index contributed by atoms with van der Waals surface area (Å²) in [6, 6.07) is 0. The Morgan fingerprint density at radius 3 is 2.68 bits per heavy atom. The summed E-state index contributed by atoms with van der Waals surface area (Å²) in [4.78, 5) is 0. The lowest BCUT2D eigenvalue weighted by Gasteiger charge is -2.16. The third-order valence-electron chi connectivity index (χ3n) is 2.84. The van der Waals surface area contributed by atoms with E-state index in [2.05, 4.69) is 10.5 Å². The second kappa shape index (κ2) is 8.27. The molecule has 2 N–H and O–H groups in total. The predicted molar refractivity (Wildman–Crippen MR) is 71.0 cm³/mol. The quantitative estimate of drug-likeness (QED) is 0.692. The van der Waals surface area contributed by atoms with Crippen molar-refractivity contribution in [1.29, 1.82) is 0 Å². The summed E-state index contributed by atoms with van der Waals surface area (Å²) in [7, 11) is 1.63. The molecule has 6 nitrogen and oxygen atoms in total. The SMILES string of the molecule is COCC(C)OCC(O)CNCc1c(C)noc1C. The number of nitrogens with one attached hydrogen (secondary N) is 1. The van der Waals surface area contributed by atoms with Crippen LogP contribution in [0.25, 0.3) is 0 Å². The highest BCUT2D eigenvalue weighted by atomic mass is 16.5. The van der Waals surface area contributed by atoms with Gasteiger partial charge in [-0.15, -0.1) is 0 Å². The van der Waals surface area contributed by atoms with Crippen LogP contribution in [-0.2, 0) is 16.0 Å². The highest BCUT2D eigenvalue weighted by Gasteiger charge is 2.11. The predicted octanol–water partition coefficient (Wildman–Crippen LogP) is 0.793. The van der Waals surface area contributed by atoms with Gasteiger partial charge in [-0.1, -0.05) is 5.16 Å². The zero-order chi connectivity index (χ0) is 14.3. The van der Waals surface area contributed by atoms with Crippen LogP contribution in [0.3, 0.4) is 0 Å². The Kier molecular flexibility index (Phi) is 7.01. The van der Waals surface area contributed by atoms with Crippen LogP contribution in [0, 0.1) is 13.8 Å². The van der Waals surface area contributed by atoms with Gasteiger partial charge in [0.15, 0.2) is 0 Å². The number of rotatable bonds is 9. The van der Waals surface area contributed by atoms with E-state index in [1.165, 1.54) is 0 Å². The largest absolute Gasteiger partial charge is 0.389 e. The number of methoxy groups -OCH3 is 1. The van der Waals surface area contributed by atoms with E-state index < -0.39 is 6.10 Å². The van der Waals surface area contributed by atoms with Gasteiger partial charge in [-0.25, -0.2) is 0 Å². The molecule has 0 fully saturated rings. The first-order chi connectivity index (χ1) is 9.04. The van der Waals surface area contributed by atoms with Crippen molar-refractivity contribution in [3.05, 3.63) is 17.0 Å². The lowest BCUT2D eigenvalue weighted by atomic mass is 10.2. The van der Waals surface area contributed by atoms with E-state index in [1.807, 2.05) is 20.8 Å². The molecule has 2 unspecified atom stereocenters. The van der Waals surface area contributed by atoms with E-state index in [0.717, 1.165) is 17.0 Å². The van der Waals surface area contributed by atoms with E-state index in [4.69, 9.17) is 14.0 Å². The van der Waals surface area contributed by atoms with Crippen molar-refractivity contribution in [3.63, 3.8) is 0 Å². The van der Waals surface area contributed by atoms with Gasteiger partial charge in [0.05, 0.1) is 31.1 Å². The minimum Gasteiger partial charge on any atom is -0.389 e. The molecule has 0 saturated heterocycles. The fourth-order valence-corrected chi connectivity index (χ4v) is 1.74. The minimum absolute atomic E-state index is 0.0118. The summed E-state index contributed by atoms with van der Waals surface area (Å²) < 4.78 is 15.5. The van der Waals surface area contributed by atoms with Crippen molar-refractivity contribution < 1.29 is 19.1 Å². The van der Waals surface area contributed by atoms with Crippen molar-refractivity contribution in [2.45, 2.75) is 39.5 Å². The molecule has 0 aliphatic carbocycles. The number of aryl methyl sites for hydroxylation is 2. The fourth-order valence-electron chi connectivity index (χ4n) is 1.74. The van der Waals surface area contributed by atoms with Gasteiger partial charge >= 0.3 is 0 Å². The van der Waals surface area contributed by atoms with Crippen molar-refractivity contribution >= 4 is 0 Å². The molecule has 0 aromatic carbocycles. The molecule has 0 aliphatic heterocycles. The highest BCUT2D eigenvalue weighted by molar-refractivity contribution is 5.20. The smallest absolute Gasteiger partial charge is 0.138 e. The van der Waals surface area contributed by atoms with Crippen molar-refractivity contribution in [2.24, 2.45) is 0 Å². The molecule has 0 radical (unpaired) electrons. The summed E-state index contributed by atoms with van der Waals surface area (Å²) in [5, 5.41) is 16.8. The van der Waals surface area contributed by atoms with Gasteiger partial charge in [-0.05, 0) is 20.8 Å². The van der Waals surface area contributed by atoms with Crippen LogP contribution < -0.4 is 5.32 Å². The number of hydrogen-bond acceptors (Lipinski definition) is 6. The number of aliphatic hydroxyl groups excluding tert-OH is 1. The number of ether oxygens (including phenoxy) is 2. The van der Waals surface area contributed by atoms with Crippen molar-refractivity contribution in [2.75, 3.05) is 26.9 Å². The first-order valence-corrected chi connectivity index (χ1v) is 6.45. The average molecular weight is 272 g/mol. The fraction of sp³-hybridized carbons (Fsp3) is 0.769. The van der Waals surface area contributed by atoms with E-state index in [0.29, 0.717) is 26.3 Å². The van der Waals surface area contributed by atoms with Crippen LogP contribution in [0.4, 0.5) is 0 Å². The van der Waals surface area contributed by atoms with Crippen molar-refractivity contribution in [3.8, 4) is 0 Å². The Morgan fingerprint density at radius 1 is 1.37 bits per heavy atom. The van der Waals surface area contributed by atoms with E-state index in [-0.39, 0.29) is 6.10 Å². The van der Waals surface area contributed by atoms with E-state index >= 15 is 0 Å². The summed E-state index contributed by atoms with van der Waals surface area (Å²) in [5.41, 5.74) is 1.92. The molecule has 0 amide bonds. The first-order valence-electron chi connectivity index (χ1n) is 6.45. The standard InChI is InChI=1S/C13H24N2O4/c1-9(7-17-4)18-8-12(16)5-14-6-13-10(2)15-19-11(13)3/h9,12,14,16H,5-8H2,1-4H3. The maximum absolute atomic E-state index is 9.77. The highest BCUT2D eigenvalue weighted by Crippen LogP contribution is 2.11. The molecule has 0 saturated carbocycles. The Hall–Kier alpha value is -0.950. The zero-order valence-electron chi connectivity index (χ0n) is 12.1. The number of nitrogens with zero attached hydrogens (tertiary/aromatic N) is 1. The monoisotopic (exact) mass is 272 g/mol. The molecular weight excluding hydrogens is 248 g/mol. The second-order valence-corrected chi connectivity index (χ2v) is 4.69. The van der Waals surface area contributed by atoms with Gasteiger partial charge in [0.25, 0.3) is 0 Å². The third-order valence-corrected chi connectivity index (χ3v) is 2.84. The summed E-state index contributed by atoms with van der Waals surface area (Å²) in [6.07, 6.45) is -0.554. The third kappa shape index (κ3) is 5.69. The van der Waals surface area contributed by atoms with Crippen LogP contribution in [0.15, 0.2) is 4.52 Å². The molecule has 1 aromatic heterocycles. The second-order valence-electron chi connectivity index (χ2n) is 4.69. The molecule has 1 aromatic rings. The summed E-state index contributed by atoms with van der Waals surface area (Å²) >= 11 is 0. The van der Waals surface area contributed by atoms with Gasteiger partial charge in [0.2, 0.25) is 0 Å². The molecular formula is C13H24N2O4. The average Bonchev–Trinajstić information content (AvgIpc) is 2.68. The Bertz CT molecular complexity index is 348. The molecule has 0 spiro atoms. The topological polar surface area (TPSA) is 76.8 Å². The number of aliphatic hydroxyl groups is 1. The lowest BCUT2D eigenvalue weighted by molar-refractivity contribution is -0.0311. The Balaban J connectivity index is 2.18. The van der Waals surface area contributed by atoms with Gasteiger partial charge in [-0.2, -0.15) is 0 Å². The molecule has 0 bridgehead atoms. The minimum atomic E-state index is -0.542. The zero-order valence-corrected chi connectivity index (χ0v) is 12.1. The summed E-state index contributed by atoms with van der Waals surface area (Å²) in [5.74, 6) is 0.810. The van der Waals surface area contributed by atoms with Gasteiger partial charge in [0.1, 0.15) is 5.76 Å². The van der Waals surface area contributed by atoms with Crippen LogP contribution in [-0.4, -0.2) is 49.3 Å². The molecule has 0 aliphatic rings. The molecule has 2 atom stereocenters. The van der Waals surface area contributed by atoms with Crippen LogP contribution in [0.2, 0.25) is 0 Å². The van der Waals surface area contributed by atoms with Gasteiger partial charge < -0.3 is 24.4 Å². The molecule has 110 valence electrons. The first kappa shape index (κ1) is 16.1. The summed E-state index contributed by atoms with van der Waals surface area (Å²) in [6.45, 7) is 7.60. The van der Waals surface area contributed by atoms with Gasteiger partial charge in [-0.3, -0.25) is 0 Å². The molecule has 1 heterocycles. The van der Waals surface area contributed by atoms with Crippen LogP contribution in [0.5, 0.6) is 0 Å². The van der Waals surface area contributed by atoms with Crippen LogP contribution >= 0.6 is 0 Å².